The minimum atomic E-state index is -0.00116. The van der Waals surface area contributed by atoms with E-state index in [4.69, 9.17) is 0 Å². The van der Waals surface area contributed by atoms with Crippen molar-refractivity contribution in [3.8, 4) is 0 Å². The molecule has 2 atom stereocenters. The number of fused-ring (bicyclic) bond motifs is 1. The van der Waals surface area contributed by atoms with Crippen LogP contribution in [0.2, 0.25) is 0 Å². The molecule has 0 unspecified atom stereocenters. The van der Waals surface area contributed by atoms with Crippen LogP contribution in [0.4, 0.5) is 0 Å². The topological polar surface area (TPSA) is 20.2 Å². The van der Waals surface area contributed by atoms with Crippen LogP contribution in [0.25, 0.3) is 0 Å². The largest absolute Gasteiger partial charge is 0.392 e. The molecule has 1 N–H and O–H groups in total. The Kier molecular flexibility index (Phi) is 1.12. The van der Waals surface area contributed by atoms with Gasteiger partial charge in [-0.2, -0.15) is 0 Å². The first-order chi connectivity index (χ1) is 4.38. The fourth-order valence-electron chi connectivity index (χ4n) is 2.03. The lowest BCUT2D eigenvalue weighted by Crippen LogP contribution is -2.10. The summed E-state index contributed by atoms with van der Waals surface area (Å²) in [5.74, 6) is 0.560. The maximum atomic E-state index is 9.36. The highest BCUT2D eigenvalue weighted by Crippen LogP contribution is 2.39. The molecule has 0 aliphatic heterocycles. The number of aliphatic hydroxyl groups is 1. The number of aliphatic hydroxyl groups excluding tert-OH is 1. The second-order valence-corrected chi connectivity index (χ2v) is 3.07. The molecule has 0 radical (unpaired) electrons. The minimum Gasteiger partial charge on any atom is -0.392 e. The molecule has 0 bridgehead atoms. The minimum absolute atomic E-state index is 0.00116. The molecule has 2 aliphatic rings. The van der Waals surface area contributed by atoms with Gasteiger partial charge in [-0.15, -0.1) is 0 Å². The molecular formula is C8H12O. The van der Waals surface area contributed by atoms with Gasteiger partial charge in [0.25, 0.3) is 0 Å². The molecule has 0 spiro atoms. The van der Waals surface area contributed by atoms with Crippen LogP contribution in [0.3, 0.4) is 0 Å². The highest BCUT2D eigenvalue weighted by atomic mass is 16.3. The second kappa shape index (κ2) is 1.84. The summed E-state index contributed by atoms with van der Waals surface area (Å²) in [7, 11) is 0. The van der Waals surface area contributed by atoms with Crippen molar-refractivity contribution in [3.05, 3.63) is 11.6 Å². The van der Waals surface area contributed by atoms with E-state index in [1.54, 1.807) is 0 Å². The van der Waals surface area contributed by atoms with E-state index in [1.807, 2.05) is 0 Å². The monoisotopic (exact) mass is 124 g/mol. The van der Waals surface area contributed by atoms with Crippen LogP contribution in [0.15, 0.2) is 11.6 Å². The quantitative estimate of drug-likeness (QED) is 0.485. The van der Waals surface area contributed by atoms with Gasteiger partial charge >= 0.3 is 0 Å². The normalized spacial score (nSPS) is 40.8. The van der Waals surface area contributed by atoms with E-state index >= 15 is 0 Å². The molecule has 2 aliphatic carbocycles. The Morgan fingerprint density at radius 3 is 3.11 bits per heavy atom. The van der Waals surface area contributed by atoms with E-state index < -0.39 is 0 Å². The molecule has 1 fully saturated rings. The van der Waals surface area contributed by atoms with Crippen molar-refractivity contribution in [1.82, 2.24) is 0 Å². The third-order valence-electron chi connectivity index (χ3n) is 2.55. The molecular weight excluding hydrogens is 112 g/mol. The average molecular weight is 124 g/mol. The Hall–Kier alpha value is -0.300. The van der Waals surface area contributed by atoms with Crippen molar-refractivity contribution in [2.24, 2.45) is 5.92 Å². The van der Waals surface area contributed by atoms with Gasteiger partial charge < -0.3 is 5.11 Å². The van der Waals surface area contributed by atoms with Crippen molar-refractivity contribution in [3.63, 3.8) is 0 Å². The maximum Gasteiger partial charge on any atom is 0.0608 e. The predicted molar refractivity (Wildman–Crippen MR) is 36.0 cm³/mol. The second-order valence-electron chi connectivity index (χ2n) is 3.07. The van der Waals surface area contributed by atoms with Gasteiger partial charge in [0.2, 0.25) is 0 Å². The zero-order valence-corrected chi connectivity index (χ0v) is 5.51. The smallest absolute Gasteiger partial charge is 0.0608 e. The Morgan fingerprint density at radius 1 is 1.44 bits per heavy atom. The maximum absolute atomic E-state index is 9.36. The van der Waals surface area contributed by atoms with Crippen LogP contribution in [0, 0.1) is 5.92 Å². The van der Waals surface area contributed by atoms with Crippen molar-refractivity contribution in [2.45, 2.75) is 31.8 Å². The summed E-state index contributed by atoms with van der Waals surface area (Å²) in [6.07, 6.45) is 6.88. The van der Waals surface area contributed by atoms with Crippen molar-refractivity contribution in [2.75, 3.05) is 0 Å². The number of hydrogen-bond donors (Lipinski definition) is 1. The van der Waals surface area contributed by atoms with Gasteiger partial charge in [-0.3, -0.25) is 0 Å². The van der Waals surface area contributed by atoms with Gasteiger partial charge in [0, 0.05) is 5.92 Å². The van der Waals surface area contributed by atoms with E-state index in [0.717, 1.165) is 12.8 Å². The zero-order chi connectivity index (χ0) is 6.27. The summed E-state index contributed by atoms with van der Waals surface area (Å²) in [5.41, 5.74) is 1.53. The molecule has 1 nitrogen and oxygen atoms in total. The first kappa shape index (κ1) is 5.48. The van der Waals surface area contributed by atoms with Gasteiger partial charge in [-0.1, -0.05) is 11.6 Å². The first-order valence-corrected chi connectivity index (χ1v) is 3.75. The molecule has 50 valence electrons. The number of rotatable bonds is 0. The van der Waals surface area contributed by atoms with Crippen molar-refractivity contribution in [1.29, 1.82) is 0 Å². The number of allylic oxidation sites excluding steroid dienone is 1. The van der Waals surface area contributed by atoms with Crippen LogP contribution >= 0.6 is 0 Å². The third-order valence-corrected chi connectivity index (χ3v) is 2.55. The fourth-order valence-corrected chi connectivity index (χ4v) is 2.03. The molecule has 2 rings (SSSR count). The van der Waals surface area contributed by atoms with Crippen LogP contribution in [-0.4, -0.2) is 11.2 Å². The molecule has 0 heterocycles. The predicted octanol–water partition coefficient (Wildman–Crippen LogP) is 1.48. The summed E-state index contributed by atoms with van der Waals surface area (Å²) < 4.78 is 0. The highest BCUT2D eigenvalue weighted by molar-refractivity contribution is 5.18. The first-order valence-electron chi connectivity index (χ1n) is 3.75. The Labute approximate surface area is 55.4 Å². The van der Waals surface area contributed by atoms with E-state index in [-0.39, 0.29) is 6.10 Å². The molecule has 1 heteroatoms. The van der Waals surface area contributed by atoms with E-state index in [2.05, 4.69) is 6.08 Å². The molecule has 9 heavy (non-hydrogen) atoms. The van der Waals surface area contributed by atoms with Crippen LogP contribution in [-0.2, 0) is 0 Å². The fraction of sp³-hybridized carbons (Fsp3) is 0.750. The molecule has 0 aromatic heterocycles. The molecule has 0 amide bonds. The van der Waals surface area contributed by atoms with Gasteiger partial charge in [0.15, 0.2) is 0 Å². The zero-order valence-electron chi connectivity index (χ0n) is 5.51. The average Bonchev–Trinajstić information content (AvgIpc) is 2.35. The Morgan fingerprint density at radius 2 is 2.33 bits per heavy atom. The molecule has 0 aromatic carbocycles. The van der Waals surface area contributed by atoms with Crippen LogP contribution < -0.4 is 0 Å². The van der Waals surface area contributed by atoms with E-state index in [0.29, 0.717) is 5.92 Å². The van der Waals surface area contributed by atoms with Gasteiger partial charge in [-0.05, 0) is 25.7 Å². The SMILES string of the molecule is O[C@H]1CCC2=CCC[C@@H]21. The van der Waals surface area contributed by atoms with E-state index in [1.165, 1.54) is 18.4 Å². The van der Waals surface area contributed by atoms with Gasteiger partial charge in [0.1, 0.15) is 0 Å². The van der Waals surface area contributed by atoms with E-state index in [9.17, 15) is 5.11 Å². The summed E-state index contributed by atoms with van der Waals surface area (Å²) in [4.78, 5) is 0. The molecule has 0 aromatic rings. The Balaban J connectivity index is 2.20. The lowest BCUT2D eigenvalue weighted by atomic mass is 10.0. The van der Waals surface area contributed by atoms with Crippen molar-refractivity contribution < 1.29 is 5.11 Å². The van der Waals surface area contributed by atoms with Gasteiger partial charge in [0.05, 0.1) is 6.10 Å². The molecule has 0 saturated heterocycles. The molecule has 1 saturated carbocycles. The third kappa shape index (κ3) is 0.715. The number of hydrogen-bond acceptors (Lipinski definition) is 1. The standard InChI is InChI=1S/C8H12O/c9-8-5-4-6-2-1-3-7(6)8/h2,7-9H,1,3-5H2/t7-,8-/m0/s1. The van der Waals surface area contributed by atoms with Crippen molar-refractivity contribution >= 4 is 0 Å². The Bertz CT molecular complexity index is 149. The highest BCUT2D eigenvalue weighted by Gasteiger charge is 2.31. The summed E-state index contributed by atoms with van der Waals surface area (Å²) in [6.45, 7) is 0. The summed E-state index contributed by atoms with van der Waals surface area (Å²) >= 11 is 0. The summed E-state index contributed by atoms with van der Waals surface area (Å²) in [5, 5.41) is 9.36. The van der Waals surface area contributed by atoms with Gasteiger partial charge in [-0.25, -0.2) is 0 Å². The lowest BCUT2D eigenvalue weighted by Gasteiger charge is -2.08. The summed E-state index contributed by atoms with van der Waals surface area (Å²) in [6, 6.07) is 0. The lowest BCUT2D eigenvalue weighted by molar-refractivity contribution is 0.140. The van der Waals surface area contributed by atoms with Crippen LogP contribution in [0.5, 0.6) is 0 Å². The van der Waals surface area contributed by atoms with Crippen LogP contribution in [0.1, 0.15) is 25.7 Å².